The van der Waals surface area contributed by atoms with Crippen LogP contribution in [-0.4, -0.2) is 22.6 Å². The molecule has 1 N–H and O–H groups in total. The van der Waals surface area contributed by atoms with E-state index in [0.717, 1.165) is 0 Å². The molecule has 23 heavy (non-hydrogen) atoms. The number of aliphatic carboxylic acids is 1. The first-order chi connectivity index (χ1) is 11.0. The number of carbonyl (C=O) groups is 1. The third-order valence-electron chi connectivity index (χ3n) is 3.08. The average Bonchev–Trinajstić information content (AvgIpc) is 2.53. The summed E-state index contributed by atoms with van der Waals surface area (Å²) in [5, 5.41) is 20.3. The van der Waals surface area contributed by atoms with Crippen molar-refractivity contribution < 1.29 is 19.6 Å². The lowest BCUT2D eigenvalue weighted by Crippen LogP contribution is -2.00. The van der Waals surface area contributed by atoms with Gasteiger partial charge in [0, 0.05) is 12.1 Å². The minimum Gasteiger partial charge on any atom is -0.494 e. The Bertz CT molecular complexity index is 767. The van der Waals surface area contributed by atoms with Gasteiger partial charge in [0.2, 0.25) is 0 Å². The summed E-state index contributed by atoms with van der Waals surface area (Å²) in [5.74, 6) is -0.554. The Kier molecular flexibility index (Phi) is 5.09. The highest BCUT2D eigenvalue weighted by Gasteiger charge is 2.13. The van der Waals surface area contributed by atoms with E-state index >= 15 is 0 Å². The molecule has 2 aromatic carbocycles. The smallest absolute Gasteiger partial charge is 0.336 e. The first-order valence-electron chi connectivity index (χ1n) is 6.94. The van der Waals surface area contributed by atoms with Gasteiger partial charge in [-0.2, -0.15) is 0 Å². The van der Waals surface area contributed by atoms with Gasteiger partial charge >= 0.3 is 5.97 Å². The molecule has 0 aliphatic carbocycles. The average molecular weight is 313 g/mol. The molecule has 0 aromatic heterocycles. The van der Waals surface area contributed by atoms with Crippen molar-refractivity contribution >= 4 is 23.3 Å². The molecule has 0 radical (unpaired) electrons. The Labute approximate surface area is 132 Å². The molecule has 0 fully saturated rings. The van der Waals surface area contributed by atoms with Crippen LogP contribution in [0.1, 0.15) is 18.1 Å². The van der Waals surface area contributed by atoms with Crippen molar-refractivity contribution in [2.24, 2.45) is 0 Å². The van der Waals surface area contributed by atoms with Crippen molar-refractivity contribution in [1.82, 2.24) is 0 Å². The summed E-state index contributed by atoms with van der Waals surface area (Å²) in [7, 11) is 0. The lowest BCUT2D eigenvalue weighted by atomic mass is 10.0. The van der Waals surface area contributed by atoms with Gasteiger partial charge < -0.3 is 9.84 Å². The number of carboxylic acid groups (broad SMARTS) is 1. The van der Waals surface area contributed by atoms with Gasteiger partial charge in [-0.25, -0.2) is 4.79 Å². The van der Waals surface area contributed by atoms with E-state index in [2.05, 4.69) is 0 Å². The van der Waals surface area contributed by atoms with Crippen LogP contribution in [-0.2, 0) is 4.79 Å². The highest BCUT2D eigenvalue weighted by molar-refractivity contribution is 6.20. The zero-order valence-electron chi connectivity index (χ0n) is 12.4. The van der Waals surface area contributed by atoms with Crippen LogP contribution in [0, 0.1) is 10.1 Å². The van der Waals surface area contributed by atoms with E-state index in [1.54, 1.807) is 30.3 Å². The van der Waals surface area contributed by atoms with Crippen molar-refractivity contribution in [3.8, 4) is 5.75 Å². The van der Waals surface area contributed by atoms with Gasteiger partial charge in [-0.3, -0.25) is 10.1 Å². The highest BCUT2D eigenvalue weighted by atomic mass is 16.6. The number of non-ortho nitro benzene ring substituents is 1. The summed E-state index contributed by atoms with van der Waals surface area (Å²) in [4.78, 5) is 21.8. The van der Waals surface area contributed by atoms with Crippen molar-refractivity contribution in [3.63, 3.8) is 0 Å². The fourth-order valence-corrected chi connectivity index (χ4v) is 2.08. The monoisotopic (exact) mass is 313 g/mol. The van der Waals surface area contributed by atoms with E-state index in [0.29, 0.717) is 23.5 Å². The van der Waals surface area contributed by atoms with E-state index in [4.69, 9.17) is 4.74 Å². The number of nitro benzene ring substituents is 1. The lowest BCUT2D eigenvalue weighted by molar-refractivity contribution is -0.384. The molecule has 0 amide bonds. The second-order valence-electron chi connectivity index (χ2n) is 4.68. The molecule has 2 aromatic rings. The minimum absolute atomic E-state index is 0.0343. The molecule has 0 aliphatic rings. The maximum Gasteiger partial charge on any atom is 0.336 e. The zero-order chi connectivity index (χ0) is 16.8. The number of carboxylic acids is 1. The van der Waals surface area contributed by atoms with Gasteiger partial charge in [0.05, 0.1) is 17.1 Å². The largest absolute Gasteiger partial charge is 0.494 e. The number of nitrogens with zero attached hydrogens (tertiary/aromatic N) is 1. The van der Waals surface area contributed by atoms with Crippen LogP contribution in [0.3, 0.4) is 0 Å². The normalized spacial score (nSPS) is 11.1. The number of benzene rings is 2. The maximum atomic E-state index is 11.5. The van der Waals surface area contributed by atoms with E-state index in [9.17, 15) is 20.0 Å². The second-order valence-corrected chi connectivity index (χ2v) is 4.68. The molecule has 0 saturated carbocycles. The predicted molar refractivity (Wildman–Crippen MR) is 86.2 cm³/mol. The number of ether oxygens (including phenoxy) is 1. The molecule has 0 saturated heterocycles. The van der Waals surface area contributed by atoms with E-state index < -0.39 is 10.9 Å². The molecule has 6 heteroatoms. The standard InChI is InChI=1S/C17H15NO5/c1-2-23-15-8-4-6-13(11-15)16(17(19)20)10-12-5-3-7-14(9-12)18(21)22/h3-11H,2H2,1H3,(H,19,20)/b16-10-. The maximum absolute atomic E-state index is 11.5. The Morgan fingerprint density at radius 1 is 1.26 bits per heavy atom. The quantitative estimate of drug-likeness (QED) is 0.381. The first kappa shape index (κ1) is 16.2. The van der Waals surface area contributed by atoms with E-state index in [1.807, 2.05) is 6.92 Å². The van der Waals surface area contributed by atoms with Crippen LogP contribution < -0.4 is 4.74 Å². The zero-order valence-corrected chi connectivity index (χ0v) is 12.4. The summed E-state index contributed by atoms with van der Waals surface area (Å²) in [6.45, 7) is 2.31. The van der Waals surface area contributed by atoms with Crippen LogP contribution >= 0.6 is 0 Å². The van der Waals surface area contributed by atoms with Gasteiger partial charge in [0.15, 0.2) is 0 Å². The molecule has 0 bridgehead atoms. The van der Waals surface area contributed by atoms with Gasteiger partial charge in [0.25, 0.3) is 5.69 Å². The fourth-order valence-electron chi connectivity index (χ4n) is 2.08. The molecule has 0 atom stereocenters. The van der Waals surface area contributed by atoms with Crippen molar-refractivity contribution in [2.45, 2.75) is 6.92 Å². The first-order valence-corrected chi connectivity index (χ1v) is 6.94. The van der Waals surface area contributed by atoms with Gasteiger partial charge in [-0.15, -0.1) is 0 Å². The Hall–Kier alpha value is -3.15. The van der Waals surface area contributed by atoms with Crippen molar-refractivity contribution in [2.75, 3.05) is 6.61 Å². The molecular weight excluding hydrogens is 298 g/mol. The molecule has 118 valence electrons. The van der Waals surface area contributed by atoms with Crippen LogP contribution in [0.5, 0.6) is 5.75 Å². The SMILES string of the molecule is CCOc1cccc(/C(=C/c2cccc([N+](=O)[O-])c2)C(=O)O)c1. The third kappa shape index (κ3) is 4.16. The number of hydrogen-bond acceptors (Lipinski definition) is 4. The molecule has 6 nitrogen and oxygen atoms in total. The van der Waals surface area contributed by atoms with Crippen LogP contribution in [0.4, 0.5) is 5.69 Å². The van der Waals surface area contributed by atoms with Gasteiger partial charge in [0.1, 0.15) is 5.75 Å². The third-order valence-corrected chi connectivity index (χ3v) is 3.08. The highest BCUT2D eigenvalue weighted by Crippen LogP contribution is 2.24. The summed E-state index contributed by atoms with van der Waals surface area (Å²) in [6.07, 6.45) is 1.40. The second kappa shape index (κ2) is 7.22. The minimum atomic E-state index is -1.12. The topological polar surface area (TPSA) is 89.7 Å². The van der Waals surface area contributed by atoms with E-state index in [-0.39, 0.29) is 11.3 Å². The number of nitro groups is 1. The summed E-state index contributed by atoms with van der Waals surface area (Å²) in [6, 6.07) is 12.5. The Morgan fingerprint density at radius 2 is 2.00 bits per heavy atom. The van der Waals surface area contributed by atoms with Gasteiger partial charge in [-0.05, 0) is 36.3 Å². The summed E-state index contributed by atoms with van der Waals surface area (Å²) >= 11 is 0. The number of rotatable bonds is 6. The Morgan fingerprint density at radius 3 is 2.65 bits per heavy atom. The van der Waals surface area contributed by atoms with Crippen LogP contribution in [0.25, 0.3) is 11.6 Å². The molecule has 0 heterocycles. The fraction of sp³-hybridized carbons (Fsp3) is 0.118. The summed E-state index contributed by atoms with van der Waals surface area (Å²) < 4.78 is 5.37. The molecular formula is C17H15NO5. The predicted octanol–water partition coefficient (Wildman–Crippen LogP) is 3.62. The van der Waals surface area contributed by atoms with Crippen LogP contribution in [0.2, 0.25) is 0 Å². The Balaban J connectivity index is 2.46. The van der Waals surface area contributed by atoms with Crippen molar-refractivity contribution in [3.05, 3.63) is 69.8 Å². The molecule has 2 rings (SSSR count). The molecule has 0 unspecified atom stereocenters. The van der Waals surface area contributed by atoms with Crippen LogP contribution in [0.15, 0.2) is 48.5 Å². The lowest BCUT2D eigenvalue weighted by Gasteiger charge is -2.07. The van der Waals surface area contributed by atoms with E-state index in [1.165, 1.54) is 24.3 Å². The van der Waals surface area contributed by atoms with Gasteiger partial charge in [-0.1, -0.05) is 24.3 Å². The number of hydrogen-bond donors (Lipinski definition) is 1. The van der Waals surface area contributed by atoms with Crippen molar-refractivity contribution in [1.29, 1.82) is 0 Å². The molecule has 0 aliphatic heterocycles. The molecule has 0 spiro atoms. The summed E-state index contributed by atoms with van der Waals surface area (Å²) in [5.41, 5.74) is 0.854.